The molecule has 2 N–H and O–H groups in total. The van der Waals surface area contributed by atoms with Crippen molar-refractivity contribution < 1.29 is 9.53 Å². The van der Waals surface area contributed by atoms with Gasteiger partial charge in [-0.05, 0) is 20.8 Å². The molecule has 1 heterocycles. The molecule has 0 saturated carbocycles. The number of carbonyl (C=O) groups excluding carboxylic acids is 1. The zero-order valence-electron chi connectivity index (χ0n) is 9.15. The van der Waals surface area contributed by atoms with Crippen molar-refractivity contribution in [1.82, 2.24) is 9.97 Å². The molecular formula is C10H15N3O2. The average Bonchev–Trinajstić information content (AvgIpc) is 2.06. The number of primary amides is 1. The minimum Gasteiger partial charge on any atom is -0.443 e. The van der Waals surface area contributed by atoms with Crippen LogP contribution in [0.3, 0.4) is 0 Å². The minimum atomic E-state index is -0.778. The van der Waals surface area contributed by atoms with E-state index >= 15 is 0 Å². The SMILES string of the molecule is Cc1cnc(CC(C)(C)OC(N)=O)cn1. The molecule has 15 heavy (non-hydrogen) atoms. The predicted octanol–water partition coefficient (Wildman–Crippen LogP) is 1.20. The minimum absolute atomic E-state index is 0.489. The second-order valence-electron chi connectivity index (χ2n) is 4.01. The van der Waals surface area contributed by atoms with Gasteiger partial charge in [0, 0.05) is 18.8 Å². The Balaban J connectivity index is 2.68. The Kier molecular flexibility index (Phi) is 3.24. The highest BCUT2D eigenvalue weighted by Gasteiger charge is 2.22. The summed E-state index contributed by atoms with van der Waals surface area (Å²) in [4.78, 5) is 18.9. The summed E-state index contributed by atoms with van der Waals surface area (Å²) < 4.78 is 4.94. The molecule has 0 aliphatic carbocycles. The molecule has 5 nitrogen and oxygen atoms in total. The van der Waals surface area contributed by atoms with Gasteiger partial charge in [-0.25, -0.2) is 4.79 Å². The topological polar surface area (TPSA) is 78.1 Å². The van der Waals surface area contributed by atoms with Crippen molar-refractivity contribution in [3.8, 4) is 0 Å². The smallest absolute Gasteiger partial charge is 0.405 e. The van der Waals surface area contributed by atoms with Gasteiger partial charge in [0.05, 0.1) is 11.4 Å². The van der Waals surface area contributed by atoms with Gasteiger partial charge in [-0.15, -0.1) is 0 Å². The predicted molar refractivity (Wildman–Crippen MR) is 55.2 cm³/mol. The highest BCUT2D eigenvalue weighted by molar-refractivity contribution is 5.65. The highest BCUT2D eigenvalue weighted by atomic mass is 16.6. The van der Waals surface area contributed by atoms with E-state index < -0.39 is 11.7 Å². The Morgan fingerprint density at radius 3 is 2.60 bits per heavy atom. The Morgan fingerprint density at radius 2 is 2.13 bits per heavy atom. The van der Waals surface area contributed by atoms with Crippen LogP contribution in [0.2, 0.25) is 0 Å². The van der Waals surface area contributed by atoms with Gasteiger partial charge in [0.15, 0.2) is 0 Å². The summed E-state index contributed by atoms with van der Waals surface area (Å²) in [5.41, 5.74) is 5.93. The van der Waals surface area contributed by atoms with Crippen molar-refractivity contribution in [1.29, 1.82) is 0 Å². The van der Waals surface area contributed by atoms with Crippen molar-refractivity contribution in [2.75, 3.05) is 0 Å². The zero-order valence-corrected chi connectivity index (χ0v) is 9.15. The first-order chi connectivity index (χ1) is 6.89. The number of carbonyl (C=O) groups is 1. The van der Waals surface area contributed by atoms with Crippen LogP contribution in [0.5, 0.6) is 0 Å². The van der Waals surface area contributed by atoms with Crippen molar-refractivity contribution in [2.45, 2.75) is 32.8 Å². The fourth-order valence-corrected chi connectivity index (χ4v) is 1.26. The Labute approximate surface area is 88.7 Å². The third kappa shape index (κ3) is 3.93. The van der Waals surface area contributed by atoms with Crippen LogP contribution in [0.4, 0.5) is 4.79 Å². The lowest BCUT2D eigenvalue weighted by molar-refractivity contribution is 0.0453. The summed E-state index contributed by atoms with van der Waals surface area (Å²) in [6.45, 7) is 5.42. The number of amides is 1. The van der Waals surface area contributed by atoms with Crippen LogP contribution >= 0.6 is 0 Å². The molecule has 0 aliphatic rings. The molecule has 0 fully saturated rings. The molecule has 0 bridgehead atoms. The number of hydrogen-bond donors (Lipinski definition) is 1. The molecule has 0 aromatic carbocycles. The molecule has 5 heteroatoms. The van der Waals surface area contributed by atoms with Gasteiger partial charge in [0.1, 0.15) is 5.60 Å². The number of nitrogens with zero attached hydrogens (tertiary/aromatic N) is 2. The first-order valence-electron chi connectivity index (χ1n) is 4.65. The van der Waals surface area contributed by atoms with Crippen molar-refractivity contribution in [3.63, 3.8) is 0 Å². The molecule has 1 aromatic heterocycles. The van der Waals surface area contributed by atoms with Crippen LogP contribution in [0, 0.1) is 6.92 Å². The number of rotatable bonds is 3. The number of nitrogens with two attached hydrogens (primary N) is 1. The van der Waals surface area contributed by atoms with Crippen molar-refractivity contribution in [2.24, 2.45) is 5.73 Å². The molecule has 0 spiro atoms. The summed E-state index contributed by atoms with van der Waals surface area (Å²) in [6.07, 6.45) is 3.06. The normalized spacial score (nSPS) is 11.1. The number of ether oxygens (including phenoxy) is 1. The van der Waals surface area contributed by atoms with Gasteiger partial charge in [-0.2, -0.15) is 0 Å². The third-order valence-electron chi connectivity index (χ3n) is 1.82. The van der Waals surface area contributed by atoms with E-state index in [4.69, 9.17) is 10.5 Å². The molecule has 82 valence electrons. The molecule has 0 radical (unpaired) electrons. The van der Waals surface area contributed by atoms with Gasteiger partial charge < -0.3 is 10.5 Å². The second kappa shape index (κ2) is 4.25. The first-order valence-corrected chi connectivity index (χ1v) is 4.65. The van der Waals surface area contributed by atoms with E-state index in [1.807, 2.05) is 6.92 Å². The van der Waals surface area contributed by atoms with Crippen LogP contribution < -0.4 is 5.73 Å². The Morgan fingerprint density at radius 1 is 1.47 bits per heavy atom. The fourth-order valence-electron chi connectivity index (χ4n) is 1.26. The maximum atomic E-state index is 10.6. The van der Waals surface area contributed by atoms with Crippen molar-refractivity contribution in [3.05, 3.63) is 23.8 Å². The van der Waals surface area contributed by atoms with E-state index in [2.05, 4.69) is 9.97 Å². The number of aryl methyl sites for hydroxylation is 1. The monoisotopic (exact) mass is 209 g/mol. The van der Waals surface area contributed by atoms with Crippen LogP contribution in [-0.4, -0.2) is 21.7 Å². The van der Waals surface area contributed by atoms with E-state index in [0.717, 1.165) is 11.4 Å². The van der Waals surface area contributed by atoms with E-state index in [1.165, 1.54) is 0 Å². The molecule has 1 aromatic rings. The largest absolute Gasteiger partial charge is 0.443 e. The van der Waals surface area contributed by atoms with Crippen LogP contribution in [0.15, 0.2) is 12.4 Å². The van der Waals surface area contributed by atoms with Gasteiger partial charge in [-0.3, -0.25) is 9.97 Å². The molecule has 0 atom stereocenters. The molecule has 1 rings (SSSR count). The zero-order chi connectivity index (χ0) is 11.5. The standard InChI is InChI=1S/C10H15N3O2/c1-7-5-13-8(6-12-7)4-10(2,3)15-9(11)14/h5-6H,4H2,1-3H3,(H2,11,14). The van der Waals surface area contributed by atoms with Crippen LogP contribution in [-0.2, 0) is 11.2 Å². The van der Waals surface area contributed by atoms with E-state index in [9.17, 15) is 4.79 Å². The van der Waals surface area contributed by atoms with Gasteiger partial charge in [0.2, 0.25) is 0 Å². The van der Waals surface area contributed by atoms with E-state index in [-0.39, 0.29) is 0 Å². The number of hydrogen-bond acceptors (Lipinski definition) is 4. The quantitative estimate of drug-likeness (QED) is 0.811. The molecule has 0 aliphatic heterocycles. The number of aromatic nitrogens is 2. The molecular weight excluding hydrogens is 194 g/mol. The Bertz CT molecular complexity index is 346. The molecule has 1 amide bonds. The molecule has 0 unspecified atom stereocenters. The molecule has 0 saturated heterocycles. The fraction of sp³-hybridized carbons (Fsp3) is 0.500. The first kappa shape index (κ1) is 11.4. The van der Waals surface area contributed by atoms with E-state index in [0.29, 0.717) is 6.42 Å². The average molecular weight is 209 g/mol. The van der Waals surface area contributed by atoms with Gasteiger partial charge >= 0.3 is 6.09 Å². The summed E-state index contributed by atoms with van der Waals surface area (Å²) in [5, 5.41) is 0. The lowest BCUT2D eigenvalue weighted by Crippen LogP contribution is -2.33. The maximum absolute atomic E-state index is 10.6. The summed E-state index contributed by atoms with van der Waals surface area (Å²) >= 11 is 0. The van der Waals surface area contributed by atoms with Crippen LogP contribution in [0.1, 0.15) is 25.2 Å². The third-order valence-corrected chi connectivity index (χ3v) is 1.82. The van der Waals surface area contributed by atoms with Crippen molar-refractivity contribution >= 4 is 6.09 Å². The second-order valence-corrected chi connectivity index (χ2v) is 4.01. The highest BCUT2D eigenvalue weighted by Crippen LogP contribution is 2.14. The Hall–Kier alpha value is -1.65. The van der Waals surface area contributed by atoms with Gasteiger partial charge in [-0.1, -0.05) is 0 Å². The summed E-state index contributed by atoms with van der Waals surface area (Å²) in [5.74, 6) is 0. The summed E-state index contributed by atoms with van der Waals surface area (Å²) in [7, 11) is 0. The van der Waals surface area contributed by atoms with Gasteiger partial charge in [0.25, 0.3) is 0 Å². The van der Waals surface area contributed by atoms with Crippen LogP contribution in [0.25, 0.3) is 0 Å². The lowest BCUT2D eigenvalue weighted by atomic mass is 10.0. The lowest BCUT2D eigenvalue weighted by Gasteiger charge is -2.23. The van der Waals surface area contributed by atoms with E-state index in [1.54, 1.807) is 26.2 Å². The summed E-state index contributed by atoms with van der Waals surface area (Å²) in [6, 6.07) is 0. The maximum Gasteiger partial charge on any atom is 0.405 e.